The first-order valence-electron chi connectivity index (χ1n) is 5.07. The minimum Gasteiger partial charge on any atom is -0.465 e. The molecule has 0 amide bonds. The van der Waals surface area contributed by atoms with Crippen LogP contribution in [0.5, 0.6) is 0 Å². The molecule has 3 heteroatoms. The Balaban J connectivity index is 2.21. The molecule has 0 aromatic rings. The van der Waals surface area contributed by atoms with E-state index >= 15 is 0 Å². The number of hydrogen-bond acceptors (Lipinski definition) is 3. The van der Waals surface area contributed by atoms with Gasteiger partial charge in [0.15, 0.2) is 0 Å². The minimum atomic E-state index is -0.0269. The van der Waals surface area contributed by atoms with Gasteiger partial charge in [0.2, 0.25) is 0 Å². The molecular formula is C10H19NO2. The highest BCUT2D eigenvalue weighted by molar-refractivity contribution is 5.72. The average molecular weight is 185 g/mol. The zero-order chi connectivity index (χ0) is 9.68. The highest BCUT2D eigenvalue weighted by atomic mass is 16.5. The molecule has 1 fully saturated rings. The first kappa shape index (κ1) is 10.5. The summed E-state index contributed by atoms with van der Waals surface area (Å²) in [4.78, 5) is 11.4. The van der Waals surface area contributed by atoms with Crippen molar-refractivity contribution in [2.24, 2.45) is 11.8 Å². The minimum absolute atomic E-state index is 0.0269. The van der Waals surface area contributed by atoms with Crippen molar-refractivity contribution in [1.82, 2.24) is 5.32 Å². The van der Waals surface area contributed by atoms with Crippen molar-refractivity contribution in [2.45, 2.75) is 26.7 Å². The number of nitrogens with one attached hydrogen (secondary N) is 1. The summed E-state index contributed by atoms with van der Waals surface area (Å²) in [7, 11) is 0. The van der Waals surface area contributed by atoms with E-state index in [0.29, 0.717) is 12.5 Å². The van der Waals surface area contributed by atoms with E-state index in [4.69, 9.17) is 4.74 Å². The normalized spacial score (nSPS) is 23.2. The van der Waals surface area contributed by atoms with Gasteiger partial charge in [-0.3, -0.25) is 4.79 Å². The van der Waals surface area contributed by atoms with Crippen LogP contribution in [0.3, 0.4) is 0 Å². The van der Waals surface area contributed by atoms with E-state index in [0.717, 1.165) is 25.9 Å². The lowest BCUT2D eigenvalue weighted by atomic mass is 10.0. The Morgan fingerprint density at radius 3 is 2.92 bits per heavy atom. The summed E-state index contributed by atoms with van der Waals surface area (Å²) in [6.07, 6.45) is 2.06. The zero-order valence-corrected chi connectivity index (χ0v) is 8.51. The summed E-state index contributed by atoms with van der Waals surface area (Å²) in [5.74, 6) is 0.494. The molecule has 1 N–H and O–H groups in total. The molecule has 13 heavy (non-hydrogen) atoms. The molecule has 1 aliphatic rings. The summed E-state index contributed by atoms with van der Waals surface area (Å²) in [6.45, 7) is 6.47. The molecule has 1 saturated heterocycles. The van der Waals surface area contributed by atoms with Crippen molar-refractivity contribution >= 4 is 5.97 Å². The van der Waals surface area contributed by atoms with Crippen LogP contribution in [0.2, 0.25) is 0 Å². The molecule has 0 spiro atoms. The van der Waals surface area contributed by atoms with E-state index in [1.54, 1.807) is 0 Å². The summed E-state index contributed by atoms with van der Waals surface area (Å²) in [5.41, 5.74) is 0. The Labute approximate surface area is 79.8 Å². The predicted octanol–water partition coefficient (Wildman–Crippen LogP) is 1.19. The number of rotatable bonds is 3. The second-order valence-electron chi connectivity index (χ2n) is 4.07. The van der Waals surface area contributed by atoms with Crippen LogP contribution in [-0.4, -0.2) is 25.7 Å². The Kier molecular flexibility index (Phi) is 4.22. The van der Waals surface area contributed by atoms with Crippen LogP contribution in [0, 0.1) is 11.8 Å². The molecule has 0 aromatic heterocycles. The summed E-state index contributed by atoms with van der Waals surface area (Å²) >= 11 is 0. The van der Waals surface area contributed by atoms with Crippen LogP contribution in [0.25, 0.3) is 0 Å². The van der Waals surface area contributed by atoms with Crippen LogP contribution in [0.1, 0.15) is 26.7 Å². The molecule has 1 heterocycles. The Bertz CT molecular complexity index is 162. The van der Waals surface area contributed by atoms with Crippen molar-refractivity contribution in [1.29, 1.82) is 0 Å². The zero-order valence-electron chi connectivity index (χ0n) is 8.51. The Morgan fingerprint density at radius 1 is 1.62 bits per heavy atom. The number of hydrogen-bond donors (Lipinski definition) is 1. The topological polar surface area (TPSA) is 38.3 Å². The fraction of sp³-hybridized carbons (Fsp3) is 0.900. The highest BCUT2D eigenvalue weighted by Crippen LogP contribution is 2.12. The van der Waals surface area contributed by atoms with Crippen molar-refractivity contribution in [3.8, 4) is 0 Å². The van der Waals surface area contributed by atoms with Gasteiger partial charge in [-0.05, 0) is 25.3 Å². The quantitative estimate of drug-likeness (QED) is 0.671. The third-order valence-corrected chi connectivity index (χ3v) is 2.19. The number of ether oxygens (including phenoxy) is 1. The largest absolute Gasteiger partial charge is 0.465 e. The van der Waals surface area contributed by atoms with Gasteiger partial charge >= 0.3 is 5.97 Å². The van der Waals surface area contributed by atoms with Crippen LogP contribution in [0.4, 0.5) is 0 Å². The lowest BCUT2D eigenvalue weighted by Crippen LogP contribution is -2.35. The van der Waals surface area contributed by atoms with Crippen molar-refractivity contribution in [2.75, 3.05) is 19.7 Å². The van der Waals surface area contributed by atoms with E-state index in [2.05, 4.69) is 5.32 Å². The van der Waals surface area contributed by atoms with Crippen molar-refractivity contribution < 1.29 is 9.53 Å². The van der Waals surface area contributed by atoms with Gasteiger partial charge in [0.25, 0.3) is 0 Å². The van der Waals surface area contributed by atoms with Gasteiger partial charge in [0.1, 0.15) is 0 Å². The average Bonchev–Trinajstić information content (AvgIpc) is 2.15. The number of piperidine rings is 1. The van der Waals surface area contributed by atoms with E-state index in [9.17, 15) is 4.79 Å². The Morgan fingerprint density at radius 2 is 2.38 bits per heavy atom. The molecule has 0 unspecified atom stereocenters. The second kappa shape index (κ2) is 5.22. The molecule has 1 atom stereocenters. The summed E-state index contributed by atoms with van der Waals surface area (Å²) in [5, 5.41) is 3.20. The molecule has 0 bridgehead atoms. The number of esters is 1. The maximum absolute atomic E-state index is 11.4. The smallest absolute Gasteiger partial charge is 0.310 e. The standard InChI is InChI=1S/C10H19NO2/c1-8(2)7-13-10(12)9-4-3-5-11-6-9/h8-9,11H,3-7H2,1-2H3/t9-/m1/s1. The van der Waals surface area contributed by atoms with Crippen LogP contribution in [-0.2, 0) is 9.53 Å². The van der Waals surface area contributed by atoms with Crippen molar-refractivity contribution in [3.05, 3.63) is 0 Å². The Hall–Kier alpha value is -0.570. The molecule has 1 aliphatic heterocycles. The van der Waals surface area contributed by atoms with Gasteiger partial charge in [-0.2, -0.15) is 0 Å². The predicted molar refractivity (Wildman–Crippen MR) is 51.4 cm³/mol. The first-order chi connectivity index (χ1) is 6.20. The van der Waals surface area contributed by atoms with Gasteiger partial charge in [-0.25, -0.2) is 0 Å². The van der Waals surface area contributed by atoms with E-state index in [1.165, 1.54) is 0 Å². The third kappa shape index (κ3) is 3.77. The number of carbonyl (C=O) groups excluding carboxylic acids is 1. The molecule has 1 rings (SSSR count). The van der Waals surface area contributed by atoms with Gasteiger partial charge in [-0.15, -0.1) is 0 Å². The second-order valence-corrected chi connectivity index (χ2v) is 4.07. The fourth-order valence-electron chi connectivity index (χ4n) is 1.42. The maximum atomic E-state index is 11.4. The lowest BCUT2D eigenvalue weighted by molar-refractivity contribution is -0.150. The monoisotopic (exact) mass is 185 g/mol. The summed E-state index contributed by atoms with van der Waals surface area (Å²) < 4.78 is 5.16. The molecule has 76 valence electrons. The summed E-state index contributed by atoms with van der Waals surface area (Å²) in [6, 6.07) is 0. The van der Waals surface area contributed by atoms with Crippen molar-refractivity contribution in [3.63, 3.8) is 0 Å². The molecular weight excluding hydrogens is 166 g/mol. The first-order valence-corrected chi connectivity index (χ1v) is 5.07. The fourth-order valence-corrected chi connectivity index (χ4v) is 1.42. The van der Waals surface area contributed by atoms with Gasteiger partial charge in [0.05, 0.1) is 12.5 Å². The van der Waals surface area contributed by atoms with Crippen LogP contribution >= 0.6 is 0 Å². The van der Waals surface area contributed by atoms with Crippen LogP contribution < -0.4 is 5.32 Å². The maximum Gasteiger partial charge on any atom is 0.310 e. The highest BCUT2D eigenvalue weighted by Gasteiger charge is 2.22. The van der Waals surface area contributed by atoms with Crippen LogP contribution in [0.15, 0.2) is 0 Å². The molecule has 0 aromatic carbocycles. The molecule has 0 aliphatic carbocycles. The van der Waals surface area contributed by atoms with E-state index in [1.807, 2.05) is 13.8 Å². The lowest BCUT2D eigenvalue weighted by Gasteiger charge is -2.21. The van der Waals surface area contributed by atoms with Gasteiger partial charge in [-0.1, -0.05) is 13.8 Å². The molecule has 0 saturated carbocycles. The van der Waals surface area contributed by atoms with E-state index < -0.39 is 0 Å². The van der Waals surface area contributed by atoms with Gasteiger partial charge < -0.3 is 10.1 Å². The van der Waals surface area contributed by atoms with Gasteiger partial charge in [0, 0.05) is 6.54 Å². The molecule has 3 nitrogen and oxygen atoms in total. The molecule has 0 radical (unpaired) electrons. The SMILES string of the molecule is CC(C)COC(=O)[C@@H]1CCCNC1. The van der Waals surface area contributed by atoms with E-state index in [-0.39, 0.29) is 11.9 Å². The third-order valence-electron chi connectivity index (χ3n) is 2.19. The number of carbonyl (C=O) groups is 1.